The standard InChI is InChI=1S/C22H21NO4/c24-21(25)18-11-5-6-12-20(18)23-22(26)27-13-19-16-9-3-1-7-14(16)15-8-2-4-10-17(15)19/h1-4,6-10,12,18-20H,5,11,13H2,(H,23,26)(H,24,25)/t18-,20+/m0/s1. The van der Waals surface area contributed by atoms with Crippen molar-refractivity contribution in [3.05, 3.63) is 71.8 Å². The number of aliphatic carboxylic acids is 1. The first kappa shape index (κ1) is 17.3. The molecule has 0 radical (unpaired) electrons. The number of ether oxygens (including phenoxy) is 1. The smallest absolute Gasteiger partial charge is 0.407 e. The van der Waals surface area contributed by atoms with Gasteiger partial charge in [-0.3, -0.25) is 4.79 Å². The highest BCUT2D eigenvalue weighted by Gasteiger charge is 2.31. The fourth-order valence-electron chi connectivity index (χ4n) is 4.03. The van der Waals surface area contributed by atoms with Gasteiger partial charge in [0.1, 0.15) is 6.61 Å². The van der Waals surface area contributed by atoms with Crippen LogP contribution in [0.4, 0.5) is 4.79 Å². The van der Waals surface area contributed by atoms with Crippen LogP contribution in [0, 0.1) is 5.92 Å². The van der Waals surface area contributed by atoms with Crippen LogP contribution in [0.5, 0.6) is 0 Å². The maximum Gasteiger partial charge on any atom is 0.407 e. The van der Waals surface area contributed by atoms with E-state index in [1.54, 1.807) is 6.08 Å². The van der Waals surface area contributed by atoms with E-state index in [2.05, 4.69) is 29.6 Å². The molecule has 2 aromatic rings. The number of hydrogen-bond donors (Lipinski definition) is 2. The Balaban J connectivity index is 1.46. The quantitative estimate of drug-likeness (QED) is 0.807. The molecule has 27 heavy (non-hydrogen) atoms. The zero-order valence-electron chi connectivity index (χ0n) is 14.8. The first-order valence-corrected chi connectivity index (χ1v) is 9.16. The van der Waals surface area contributed by atoms with Gasteiger partial charge in [0.15, 0.2) is 0 Å². The van der Waals surface area contributed by atoms with Crippen LogP contribution in [-0.4, -0.2) is 29.8 Å². The molecule has 138 valence electrons. The van der Waals surface area contributed by atoms with Gasteiger partial charge < -0.3 is 15.2 Å². The van der Waals surface area contributed by atoms with Crippen LogP contribution >= 0.6 is 0 Å². The summed E-state index contributed by atoms with van der Waals surface area (Å²) < 4.78 is 5.49. The van der Waals surface area contributed by atoms with Gasteiger partial charge in [-0.05, 0) is 35.1 Å². The van der Waals surface area contributed by atoms with Crippen molar-refractivity contribution in [3.8, 4) is 11.1 Å². The number of allylic oxidation sites excluding steroid dienone is 1. The molecule has 0 saturated carbocycles. The van der Waals surface area contributed by atoms with Gasteiger partial charge in [-0.15, -0.1) is 0 Å². The van der Waals surface area contributed by atoms with Crippen LogP contribution in [0.15, 0.2) is 60.7 Å². The molecule has 4 rings (SSSR count). The Bertz CT molecular complexity index is 859. The van der Waals surface area contributed by atoms with Crippen LogP contribution in [-0.2, 0) is 9.53 Å². The van der Waals surface area contributed by atoms with Crippen molar-refractivity contribution in [1.82, 2.24) is 5.32 Å². The van der Waals surface area contributed by atoms with Gasteiger partial charge in [0.2, 0.25) is 0 Å². The van der Waals surface area contributed by atoms with Gasteiger partial charge in [0.05, 0.1) is 12.0 Å². The van der Waals surface area contributed by atoms with E-state index in [0.29, 0.717) is 12.8 Å². The zero-order chi connectivity index (χ0) is 18.8. The van der Waals surface area contributed by atoms with Gasteiger partial charge in [-0.25, -0.2) is 4.79 Å². The molecule has 0 spiro atoms. The Morgan fingerprint density at radius 2 is 1.67 bits per heavy atom. The summed E-state index contributed by atoms with van der Waals surface area (Å²) in [7, 11) is 0. The number of nitrogens with one attached hydrogen (secondary N) is 1. The number of alkyl carbamates (subject to hydrolysis) is 1. The predicted molar refractivity (Wildman–Crippen MR) is 101 cm³/mol. The summed E-state index contributed by atoms with van der Waals surface area (Å²) in [4.78, 5) is 23.7. The molecule has 1 amide bonds. The van der Waals surface area contributed by atoms with E-state index in [1.165, 1.54) is 11.1 Å². The van der Waals surface area contributed by atoms with Gasteiger partial charge in [-0.2, -0.15) is 0 Å². The molecule has 0 saturated heterocycles. The highest BCUT2D eigenvalue weighted by Crippen LogP contribution is 2.44. The minimum Gasteiger partial charge on any atom is -0.481 e. The molecule has 0 bridgehead atoms. The van der Waals surface area contributed by atoms with Crippen molar-refractivity contribution in [2.75, 3.05) is 6.61 Å². The molecule has 0 fully saturated rings. The van der Waals surface area contributed by atoms with Crippen LogP contribution in [0.2, 0.25) is 0 Å². The van der Waals surface area contributed by atoms with Crippen molar-refractivity contribution in [2.24, 2.45) is 5.92 Å². The van der Waals surface area contributed by atoms with Crippen molar-refractivity contribution in [3.63, 3.8) is 0 Å². The second-order valence-electron chi connectivity index (χ2n) is 6.95. The van der Waals surface area contributed by atoms with E-state index in [-0.39, 0.29) is 12.5 Å². The van der Waals surface area contributed by atoms with E-state index in [4.69, 9.17) is 4.74 Å². The van der Waals surface area contributed by atoms with E-state index in [0.717, 1.165) is 11.1 Å². The average Bonchev–Trinajstić information content (AvgIpc) is 3.00. The molecule has 0 unspecified atom stereocenters. The number of carbonyl (C=O) groups excluding carboxylic acids is 1. The molecule has 0 heterocycles. The summed E-state index contributed by atoms with van der Waals surface area (Å²) in [6.07, 6.45) is 4.28. The Kier molecular flexibility index (Phi) is 4.67. The maximum absolute atomic E-state index is 12.3. The van der Waals surface area contributed by atoms with Crippen LogP contribution in [0.3, 0.4) is 0 Å². The highest BCUT2D eigenvalue weighted by molar-refractivity contribution is 5.79. The Labute approximate surface area is 157 Å². The predicted octanol–water partition coefficient (Wildman–Crippen LogP) is 3.94. The largest absolute Gasteiger partial charge is 0.481 e. The van der Waals surface area contributed by atoms with Crippen molar-refractivity contribution in [2.45, 2.75) is 24.8 Å². The lowest BCUT2D eigenvalue weighted by Gasteiger charge is -2.25. The average molecular weight is 363 g/mol. The fourth-order valence-corrected chi connectivity index (χ4v) is 4.03. The molecule has 5 nitrogen and oxygen atoms in total. The molecule has 2 N–H and O–H groups in total. The number of fused-ring (bicyclic) bond motifs is 3. The van der Waals surface area contributed by atoms with Crippen molar-refractivity contribution >= 4 is 12.1 Å². The number of benzene rings is 2. The third-order valence-corrected chi connectivity index (χ3v) is 5.37. The Morgan fingerprint density at radius 1 is 1.04 bits per heavy atom. The Morgan fingerprint density at radius 3 is 2.30 bits per heavy atom. The van der Waals surface area contributed by atoms with Crippen LogP contribution < -0.4 is 5.32 Å². The van der Waals surface area contributed by atoms with Gasteiger partial charge >= 0.3 is 12.1 Å². The molecule has 0 aliphatic heterocycles. The highest BCUT2D eigenvalue weighted by atomic mass is 16.5. The zero-order valence-corrected chi connectivity index (χ0v) is 14.8. The van der Waals surface area contributed by atoms with Crippen molar-refractivity contribution < 1.29 is 19.4 Å². The molecule has 2 aliphatic rings. The molecule has 2 atom stereocenters. The topological polar surface area (TPSA) is 75.6 Å². The lowest BCUT2D eigenvalue weighted by atomic mass is 9.90. The van der Waals surface area contributed by atoms with E-state index < -0.39 is 24.0 Å². The first-order chi connectivity index (χ1) is 13.1. The summed E-state index contributed by atoms with van der Waals surface area (Å²) in [5.74, 6) is -1.53. The lowest BCUT2D eigenvalue weighted by Crippen LogP contribution is -2.43. The number of carboxylic acids is 1. The fraction of sp³-hybridized carbons (Fsp3) is 0.273. The number of amides is 1. The van der Waals surface area contributed by atoms with Gasteiger partial charge in [-0.1, -0.05) is 60.7 Å². The van der Waals surface area contributed by atoms with E-state index in [9.17, 15) is 14.7 Å². The Hall–Kier alpha value is -3.08. The monoisotopic (exact) mass is 363 g/mol. The third kappa shape index (κ3) is 3.33. The van der Waals surface area contributed by atoms with E-state index >= 15 is 0 Å². The minimum atomic E-state index is -0.900. The first-order valence-electron chi connectivity index (χ1n) is 9.16. The normalized spacial score (nSPS) is 20.6. The van der Waals surface area contributed by atoms with Gasteiger partial charge in [0, 0.05) is 5.92 Å². The second kappa shape index (κ2) is 7.27. The summed E-state index contributed by atoms with van der Waals surface area (Å²) in [5, 5.41) is 12.0. The molecule has 5 heteroatoms. The summed E-state index contributed by atoms with van der Waals surface area (Å²) in [6, 6.07) is 15.7. The number of carbonyl (C=O) groups is 2. The van der Waals surface area contributed by atoms with Crippen molar-refractivity contribution in [1.29, 1.82) is 0 Å². The third-order valence-electron chi connectivity index (χ3n) is 5.37. The molecular weight excluding hydrogens is 342 g/mol. The minimum absolute atomic E-state index is 0.0136. The molecule has 0 aromatic heterocycles. The van der Waals surface area contributed by atoms with Crippen LogP contribution in [0.1, 0.15) is 29.9 Å². The number of hydrogen-bond acceptors (Lipinski definition) is 3. The van der Waals surface area contributed by atoms with Gasteiger partial charge in [0.25, 0.3) is 0 Å². The SMILES string of the molecule is O=C(N[C@@H]1C=CCC[C@@H]1C(=O)O)OCC1c2ccccc2-c2ccccc21. The maximum atomic E-state index is 12.3. The molecule has 2 aliphatic carbocycles. The summed E-state index contributed by atoms with van der Waals surface area (Å²) in [6.45, 7) is 0.216. The van der Waals surface area contributed by atoms with E-state index in [1.807, 2.05) is 30.3 Å². The second-order valence-corrected chi connectivity index (χ2v) is 6.95. The summed E-state index contributed by atoms with van der Waals surface area (Å²) in [5.41, 5.74) is 4.63. The molecule has 2 aromatic carbocycles. The number of carboxylic acid groups (broad SMARTS) is 1. The summed E-state index contributed by atoms with van der Waals surface area (Å²) >= 11 is 0. The van der Waals surface area contributed by atoms with Crippen LogP contribution in [0.25, 0.3) is 11.1 Å². The number of rotatable bonds is 4. The lowest BCUT2D eigenvalue weighted by molar-refractivity contribution is -0.142. The molecular formula is C22H21NO4.